The molecule has 0 atom stereocenters. The van der Waals surface area contributed by atoms with E-state index in [4.69, 9.17) is 5.73 Å². The molecule has 0 radical (unpaired) electrons. The first-order valence-corrected chi connectivity index (χ1v) is 7.52. The molecule has 0 unspecified atom stereocenters. The van der Waals surface area contributed by atoms with Crippen LogP contribution in [0, 0.1) is 5.82 Å². The average molecular weight is 289 g/mol. The first kappa shape index (κ1) is 15.9. The molecule has 0 saturated heterocycles. The fourth-order valence-electron chi connectivity index (χ4n) is 1.68. The lowest BCUT2D eigenvalue weighted by Crippen LogP contribution is -2.42. The Morgan fingerprint density at radius 3 is 2.32 bits per heavy atom. The third-order valence-electron chi connectivity index (χ3n) is 2.75. The predicted molar refractivity (Wildman–Crippen MR) is 74.6 cm³/mol. The summed E-state index contributed by atoms with van der Waals surface area (Å²) in [5.41, 5.74) is 5.83. The van der Waals surface area contributed by atoms with Crippen LogP contribution < -0.4 is 10.0 Å². The molecule has 0 aliphatic rings. The average Bonchev–Trinajstić information content (AvgIpc) is 2.38. The molecule has 1 aromatic rings. The fraction of sp³-hybridized carbons (Fsp3) is 0.500. The van der Waals surface area contributed by atoms with Crippen LogP contribution in [0.2, 0.25) is 0 Å². The zero-order chi connectivity index (χ0) is 14.5. The van der Waals surface area contributed by atoms with E-state index >= 15 is 0 Å². The van der Waals surface area contributed by atoms with E-state index in [0.717, 1.165) is 0 Å². The van der Waals surface area contributed by atoms with Gasteiger partial charge >= 0.3 is 10.2 Å². The van der Waals surface area contributed by atoms with Crippen molar-refractivity contribution in [3.63, 3.8) is 0 Å². The first-order chi connectivity index (χ1) is 8.93. The molecule has 0 aliphatic heterocycles. The summed E-state index contributed by atoms with van der Waals surface area (Å²) in [4.78, 5) is 0. The van der Waals surface area contributed by atoms with Crippen molar-refractivity contribution >= 4 is 15.9 Å². The van der Waals surface area contributed by atoms with Crippen LogP contribution in [0.1, 0.15) is 13.3 Å². The summed E-state index contributed by atoms with van der Waals surface area (Å²) in [5.74, 6) is -0.395. The number of halogens is 1. The van der Waals surface area contributed by atoms with Gasteiger partial charge in [0.1, 0.15) is 5.82 Å². The first-order valence-electron chi connectivity index (χ1n) is 6.13. The number of anilines is 1. The van der Waals surface area contributed by atoms with Crippen LogP contribution in [0.4, 0.5) is 10.1 Å². The normalized spacial score (nSPS) is 11.8. The van der Waals surface area contributed by atoms with Gasteiger partial charge in [0, 0.05) is 20.1 Å². The Kier molecular flexibility index (Phi) is 5.71. The monoisotopic (exact) mass is 289 g/mol. The third-order valence-corrected chi connectivity index (χ3v) is 4.75. The molecule has 0 bridgehead atoms. The van der Waals surface area contributed by atoms with Crippen molar-refractivity contribution in [3.8, 4) is 0 Å². The minimum atomic E-state index is -3.60. The molecule has 0 aromatic heterocycles. The second-order valence-corrected chi connectivity index (χ2v) is 6.07. The van der Waals surface area contributed by atoms with Crippen LogP contribution in [0.3, 0.4) is 0 Å². The van der Waals surface area contributed by atoms with Crippen LogP contribution >= 0.6 is 0 Å². The van der Waals surface area contributed by atoms with E-state index in [1.807, 2.05) is 0 Å². The molecule has 19 heavy (non-hydrogen) atoms. The summed E-state index contributed by atoms with van der Waals surface area (Å²) in [6.07, 6.45) is 0.594. The Labute approximate surface area is 114 Å². The standard InChI is InChI=1S/C12H20FN3O2S/c1-3-16(12-7-5-11(13)6-8-12)19(17,18)15(2)10-4-9-14/h5-8H,3-4,9-10,14H2,1-2H3. The van der Waals surface area contributed by atoms with E-state index in [1.54, 1.807) is 6.92 Å². The smallest absolute Gasteiger partial charge is 0.303 e. The summed E-state index contributed by atoms with van der Waals surface area (Å²) in [5, 5.41) is 0. The molecule has 0 aliphatic carbocycles. The fourth-order valence-corrected chi connectivity index (χ4v) is 3.09. The van der Waals surface area contributed by atoms with Crippen molar-refractivity contribution < 1.29 is 12.8 Å². The summed E-state index contributed by atoms with van der Waals surface area (Å²) >= 11 is 0. The van der Waals surface area contributed by atoms with E-state index in [2.05, 4.69) is 0 Å². The Morgan fingerprint density at radius 2 is 1.84 bits per heavy atom. The van der Waals surface area contributed by atoms with Crippen LogP contribution in [0.5, 0.6) is 0 Å². The van der Waals surface area contributed by atoms with Crippen LogP contribution in [-0.2, 0) is 10.2 Å². The van der Waals surface area contributed by atoms with Gasteiger partial charge in [-0.15, -0.1) is 0 Å². The Morgan fingerprint density at radius 1 is 1.26 bits per heavy atom. The molecule has 108 valence electrons. The molecule has 5 nitrogen and oxygen atoms in total. The lowest BCUT2D eigenvalue weighted by atomic mass is 10.3. The molecule has 0 fully saturated rings. The third kappa shape index (κ3) is 3.89. The van der Waals surface area contributed by atoms with Gasteiger partial charge < -0.3 is 5.73 Å². The molecule has 1 aromatic carbocycles. The second-order valence-electron chi connectivity index (χ2n) is 4.11. The van der Waals surface area contributed by atoms with Gasteiger partial charge in [-0.3, -0.25) is 4.31 Å². The lowest BCUT2D eigenvalue weighted by molar-refractivity contribution is 0.460. The molecule has 7 heteroatoms. The predicted octanol–water partition coefficient (Wildman–Crippen LogP) is 1.18. The van der Waals surface area contributed by atoms with Gasteiger partial charge in [0.25, 0.3) is 0 Å². The maximum atomic E-state index is 12.9. The quantitative estimate of drug-likeness (QED) is 0.819. The zero-order valence-corrected chi connectivity index (χ0v) is 12.0. The highest BCUT2D eigenvalue weighted by atomic mass is 32.2. The van der Waals surface area contributed by atoms with Crippen molar-refractivity contribution in [1.82, 2.24) is 4.31 Å². The van der Waals surface area contributed by atoms with E-state index < -0.39 is 16.0 Å². The Bertz CT molecular complexity index is 490. The van der Waals surface area contributed by atoms with Gasteiger partial charge in [-0.25, -0.2) is 4.39 Å². The van der Waals surface area contributed by atoms with Crippen molar-refractivity contribution in [2.45, 2.75) is 13.3 Å². The SMILES string of the molecule is CCN(c1ccc(F)cc1)S(=O)(=O)N(C)CCCN. The lowest BCUT2D eigenvalue weighted by Gasteiger charge is -2.28. The number of rotatable bonds is 7. The minimum Gasteiger partial charge on any atom is -0.330 e. The summed E-state index contributed by atoms with van der Waals surface area (Å²) < 4.78 is 40.1. The van der Waals surface area contributed by atoms with Crippen molar-refractivity contribution in [1.29, 1.82) is 0 Å². The van der Waals surface area contributed by atoms with Gasteiger partial charge in [0.2, 0.25) is 0 Å². The zero-order valence-electron chi connectivity index (χ0n) is 11.2. The number of nitrogens with zero attached hydrogens (tertiary/aromatic N) is 2. The highest BCUT2D eigenvalue weighted by molar-refractivity contribution is 7.90. The molecular weight excluding hydrogens is 269 g/mol. The Hall–Kier alpha value is -1.18. The minimum absolute atomic E-state index is 0.279. The maximum Gasteiger partial charge on any atom is 0.303 e. The molecular formula is C12H20FN3O2S. The second kappa shape index (κ2) is 6.83. The van der Waals surface area contributed by atoms with Crippen molar-refractivity contribution in [2.24, 2.45) is 5.73 Å². The number of benzene rings is 1. The number of nitrogens with two attached hydrogens (primary N) is 1. The molecule has 2 N–H and O–H groups in total. The number of hydrogen-bond acceptors (Lipinski definition) is 3. The van der Waals surface area contributed by atoms with E-state index in [-0.39, 0.29) is 6.54 Å². The Balaban J connectivity index is 2.98. The molecule has 0 amide bonds. The highest BCUT2D eigenvalue weighted by Crippen LogP contribution is 2.20. The van der Waals surface area contributed by atoms with Crippen LogP contribution in [-0.4, -0.2) is 39.4 Å². The summed E-state index contributed by atoms with van der Waals surface area (Å²) in [6, 6.07) is 5.39. The van der Waals surface area contributed by atoms with Gasteiger partial charge in [-0.05, 0) is 44.2 Å². The molecule has 1 rings (SSSR count). The number of hydrogen-bond donors (Lipinski definition) is 1. The van der Waals surface area contributed by atoms with E-state index in [1.165, 1.54) is 39.9 Å². The van der Waals surface area contributed by atoms with Crippen LogP contribution in [0.25, 0.3) is 0 Å². The maximum absolute atomic E-state index is 12.9. The summed E-state index contributed by atoms with van der Waals surface area (Å²) in [6.45, 7) is 2.80. The van der Waals surface area contributed by atoms with Gasteiger partial charge in [0.05, 0.1) is 5.69 Å². The van der Waals surface area contributed by atoms with Gasteiger partial charge in [-0.1, -0.05) is 0 Å². The van der Waals surface area contributed by atoms with Gasteiger partial charge in [0.15, 0.2) is 0 Å². The van der Waals surface area contributed by atoms with Crippen molar-refractivity contribution in [2.75, 3.05) is 31.0 Å². The topological polar surface area (TPSA) is 66.6 Å². The molecule has 0 spiro atoms. The van der Waals surface area contributed by atoms with E-state index in [9.17, 15) is 12.8 Å². The molecule has 0 heterocycles. The highest BCUT2D eigenvalue weighted by Gasteiger charge is 2.25. The van der Waals surface area contributed by atoms with Crippen molar-refractivity contribution in [3.05, 3.63) is 30.1 Å². The molecule has 0 saturated carbocycles. The van der Waals surface area contributed by atoms with Gasteiger partial charge in [-0.2, -0.15) is 12.7 Å². The summed E-state index contributed by atoms with van der Waals surface area (Å²) in [7, 11) is -2.09. The van der Waals surface area contributed by atoms with E-state index in [0.29, 0.717) is 25.2 Å². The van der Waals surface area contributed by atoms with Crippen LogP contribution in [0.15, 0.2) is 24.3 Å². The largest absolute Gasteiger partial charge is 0.330 e.